The number of aromatic nitrogens is 1. The van der Waals surface area contributed by atoms with Crippen LogP contribution in [0.25, 0.3) is 0 Å². The number of aliphatic hydroxyl groups is 1. The molecule has 1 atom stereocenters. The average molecular weight is 265 g/mol. The number of hydrogen-bond donors (Lipinski definition) is 2. The number of carbonyl (C=O) groups is 1. The minimum absolute atomic E-state index is 0.0748. The van der Waals surface area contributed by atoms with Crippen LogP contribution < -0.4 is 5.32 Å². The van der Waals surface area contributed by atoms with Gasteiger partial charge < -0.3 is 20.1 Å². The third-order valence-electron chi connectivity index (χ3n) is 2.99. The number of hydrogen-bond acceptors (Lipinski definition) is 5. The van der Waals surface area contributed by atoms with Gasteiger partial charge in [0.25, 0.3) is 5.91 Å². The molecule has 0 saturated carbocycles. The highest BCUT2D eigenvalue weighted by Crippen LogP contribution is 2.12. The van der Waals surface area contributed by atoms with E-state index < -0.39 is 0 Å². The van der Waals surface area contributed by atoms with E-state index in [-0.39, 0.29) is 18.6 Å². The highest BCUT2D eigenvalue weighted by Gasteiger charge is 2.25. The zero-order valence-electron chi connectivity index (χ0n) is 11.0. The molecule has 2 N–H and O–H groups in total. The van der Waals surface area contributed by atoms with Crippen molar-refractivity contribution in [2.75, 3.05) is 38.2 Å². The summed E-state index contributed by atoms with van der Waals surface area (Å²) in [4.78, 5) is 18.1. The van der Waals surface area contributed by atoms with Gasteiger partial charge in [-0.05, 0) is 19.1 Å². The SMILES string of the molecule is CCNc1ccnc(C(=O)N2CCOC(CO)C2)c1. The van der Waals surface area contributed by atoms with Crippen molar-refractivity contribution in [3.8, 4) is 0 Å². The molecule has 0 spiro atoms. The number of anilines is 1. The summed E-state index contributed by atoms with van der Waals surface area (Å²) in [6.45, 7) is 4.10. The zero-order valence-corrected chi connectivity index (χ0v) is 11.0. The van der Waals surface area contributed by atoms with Crippen molar-refractivity contribution >= 4 is 11.6 Å². The maximum atomic E-state index is 12.3. The van der Waals surface area contributed by atoms with Crippen molar-refractivity contribution in [1.29, 1.82) is 0 Å². The van der Waals surface area contributed by atoms with E-state index >= 15 is 0 Å². The fraction of sp³-hybridized carbons (Fsp3) is 0.538. The van der Waals surface area contributed by atoms with E-state index in [2.05, 4.69) is 10.3 Å². The molecule has 0 bridgehead atoms. The van der Waals surface area contributed by atoms with Crippen molar-refractivity contribution in [2.24, 2.45) is 0 Å². The Morgan fingerprint density at radius 2 is 2.53 bits per heavy atom. The van der Waals surface area contributed by atoms with Gasteiger partial charge in [-0.3, -0.25) is 9.78 Å². The number of aliphatic hydroxyl groups excluding tert-OH is 1. The van der Waals surface area contributed by atoms with E-state index in [9.17, 15) is 4.79 Å². The van der Waals surface area contributed by atoms with E-state index in [4.69, 9.17) is 9.84 Å². The molecule has 2 heterocycles. The summed E-state index contributed by atoms with van der Waals surface area (Å²) >= 11 is 0. The Kier molecular flexibility index (Phi) is 4.70. The van der Waals surface area contributed by atoms with Crippen LogP contribution in [-0.4, -0.2) is 59.8 Å². The van der Waals surface area contributed by atoms with Crippen LogP contribution in [-0.2, 0) is 4.74 Å². The third-order valence-corrected chi connectivity index (χ3v) is 2.99. The van der Waals surface area contributed by atoms with Gasteiger partial charge in [0.2, 0.25) is 0 Å². The van der Waals surface area contributed by atoms with Gasteiger partial charge in [0.05, 0.1) is 19.3 Å². The van der Waals surface area contributed by atoms with Crippen LogP contribution in [0.1, 0.15) is 17.4 Å². The maximum absolute atomic E-state index is 12.3. The van der Waals surface area contributed by atoms with Gasteiger partial charge in [-0.1, -0.05) is 0 Å². The van der Waals surface area contributed by atoms with Gasteiger partial charge in [-0.15, -0.1) is 0 Å². The lowest BCUT2D eigenvalue weighted by Crippen LogP contribution is -2.47. The lowest BCUT2D eigenvalue weighted by Gasteiger charge is -2.31. The van der Waals surface area contributed by atoms with Gasteiger partial charge in [-0.2, -0.15) is 0 Å². The van der Waals surface area contributed by atoms with Crippen molar-refractivity contribution in [3.63, 3.8) is 0 Å². The molecule has 19 heavy (non-hydrogen) atoms. The van der Waals surface area contributed by atoms with Crippen molar-refractivity contribution in [2.45, 2.75) is 13.0 Å². The van der Waals surface area contributed by atoms with Gasteiger partial charge in [-0.25, -0.2) is 0 Å². The lowest BCUT2D eigenvalue weighted by molar-refractivity contribution is -0.0448. The fourth-order valence-electron chi connectivity index (χ4n) is 2.04. The van der Waals surface area contributed by atoms with E-state index in [0.29, 0.717) is 25.4 Å². The molecule has 1 saturated heterocycles. The molecule has 0 aromatic carbocycles. The quantitative estimate of drug-likeness (QED) is 0.821. The Hall–Kier alpha value is -1.66. The Labute approximate surface area is 112 Å². The van der Waals surface area contributed by atoms with Crippen LogP contribution in [0.3, 0.4) is 0 Å². The van der Waals surface area contributed by atoms with E-state index in [1.807, 2.05) is 13.0 Å². The Balaban J connectivity index is 2.08. The van der Waals surface area contributed by atoms with E-state index in [0.717, 1.165) is 12.2 Å². The molecule has 6 heteroatoms. The summed E-state index contributed by atoms with van der Waals surface area (Å²) in [5.41, 5.74) is 1.30. The Morgan fingerprint density at radius 3 is 3.26 bits per heavy atom. The van der Waals surface area contributed by atoms with Gasteiger partial charge >= 0.3 is 0 Å². The first-order chi connectivity index (χ1) is 9.24. The minimum Gasteiger partial charge on any atom is -0.394 e. The average Bonchev–Trinajstić information content (AvgIpc) is 2.47. The van der Waals surface area contributed by atoms with Gasteiger partial charge in [0.15, 0.2) is 0 Å². The van der Waals surface area contributed by atoms with Crippen LogP contribution in [0.15, 0.2) is 18.3 Å². The Morgan fingerprint density at radius 1 is 1.68 bits per heavy atom. The third kappa shape index (κ3) is 3.42. The molecule has 2 rings (SSSR count). The van der Waals surface area contributed by atoms with Crippen LogP contribution >= 0.6 is 0 Å². The predicted octanol–water partition coefficient (Wildman–Crippen LogP) is 0.347. The highest BCUT2D eigenvalue weighted by molar-refractivity contribution is 5.93. The lowest BCUT2D eigenvalue weighted by atomic mass is 10.2. The molecule has 1 amide bonds. The second kappa shape index (κ2) is 6.49. The minimum atomic E-state index is -0.297. The normalized spacial score (nSPS) is 19.3. The first kappa shape index (κ1) is 13.8. The summed E-state index contributed by atoms with van der Waals surface area (Å²) in [5.74, 6) is -0.124. The number of ether oxygens (including phenoxy) is 1. The second-order valence-electron chi connectivity index (χ2n) is 4.39. The molecule has 0 aliphatic carbocycles. The molecule has 1 aromatic rings. The largest absolute Gasteiger partial charge is 0.394 e. The van der Waals surface area contributed by atoms with Gasteiger partial charge in [0, 0.05) is 31.5 Å². The number of amides is 1. The molecular formula is C13H19N3O3. The molecule has 1 aromatic heterocycles. The monoisotopic (exact) mass is 265 g/mol. The van der Waals surface area contributed by atoms with Crippen LogP contribution in [0, 0.1) is 0 Å². The molecule has 1 aliphatic rings. The summed E-state index contributed by atoms with van der Waals surface area (Å²) in [5, 5.41) is 12.2. The van der Waals surface area contributed by atoms with Gasteiger partial charge in [0.1, 0.15) is 5.69 Å². The molecule has 6 nitrogen and oxygen atoms in total. The summed E-state index contributed by atoms with van der Waals surface area (Å²) < 4.78 is 5.33. The molecule has 1 unspecified atom stereocenters. The predicted molar refractivity (Wildman–Crippen MR) is 71.1 cm³/mol. The summed E-state index contributed by atoms with van der Waals surface area (Å²) in [6, 6.07) is 3.57. The number of carbonyl (C=O) groups excluding carboxylic acids is 1. The van der Waals surface area contributed by atoms with Crippen molar-refractivity contribution in [1.82, 2.24) is 9.88 Å². The number of pyridine rings is 1. The molecule has 1 aliphatic heterocycles. The number of rotatable bonds is 4. The standard InChI is InChI=1S/C13H19N3O3/c1-2-14-10-3-4-15-12(7-10)13(18)16-5-6-19-11(8-16)9-17/h3-4,7,11,17H,2,5-6,8-9H2,1H3,(H,14,15). The zero-order chi connectivity index (χ0) is 13.7. The first-order valence-electron chi connectivity index (χ1n) is 6.46. The summed E-state index contributed by atoms with van der Waals surface area (Å²) in [6.07, 6.45) is 1.32. The van der Waals surface area contributed by atoms with Crippen molar-refractivity contribution < 1.29 is 14.6 Å². The highest BCUT2D eigenvalue weighted by atomic mass is 16.5. The number of nitrogens with zero attached hydrogens (tertiary/aromatic N) is 2. The number of morpholine rings is 1. The first-order valence-corrected chi connectivity index (χ1v) is 6.46. The topological polar surface area (TPSA) is 74.7 Å². The van der Waals surface area contributed by atoms with Crippen LogP contribution in [0.5, 0.6) is 0 Å². The van der Waals surface area contributed by atoms with Crippen molar-refractivity contribution in [3.05, 3.63) is 24.0 Å². The molecule has 1 fully saturated rings. The summed E-state index contributed by atoms with van der Waals surface area (Å²) in [7, 11) is 0. The molecule has 104 valence electrons. The molecular weight excluding hydrogens is 246 g/mol. The maximum Gasteiger partial charge on any atom is 0.272 e. The second-order valence-corrected chi connectivity index (χ2v) is 4.39. The Bertz CT molecular complexity index is 439. The van der Waals surface area contributed by atoms with Crippen LogP contribution in [0.2, 0.25) is 0 Å². The fourth-order valence-corrected chi connectivity index (χ4v) is 2.04. The number of nitrogens with one attached hydrogen (secondary N) is 1. The van der Waals surface area contributed by atoms with Crippen LogP contribution in [0.4, 0.5) is 5.69 Å². The molecule has 0 radical (unpaired) electrons. The smallest absolute Gasteiger partial charge is 0.272 e. The van der Waals surface area contributed by atoms with E-state index in [1.54, 1.807) is 17.2 Å². The van der Waals surface area contributed by atoms with E-state index in [1.165, 1.54) is 0 Å².